The highest BCUT2D eigenvalue weighted by Crippen LogP contribution is 2.19. The summed E-state index contributed by atoms with van der Waals surface area (Å²) < 4.78 is 10.7. The Morgan fingerprint density at radius 3 is 2.50 bits per heavy atom. The van der Waals surface area contributed by atoms with Crippen LogP contribution < -0.4 is 4.74 Å². The maximum atomic E-state index is 12.6. The van der Waals surface area contributed by atoms with E-state index < -0.39 is 0 Å². The molecule has 0 N–H and O–H groups in total. The van der Waals surface area contributed by atoms with E-state index in [1.807, 2.05) is 32.0 Å². The SMILES string of the molecule is CCCCCCN(CCC(=O)OCC)C(=O)COc1cc(C)ccc1C. The predicted octanol–water partition coefficient (Wildman–Crippen LogP) is 4.04. The van der Waals surface area contributed by atoms with E-state index in [1.54, 1.807) is 11.8 Å². The number of esters is 1. The number of nitrogens with zero attached hydrogens (tertiary/aromatic N) is 1. The molecule has 26 heavy (non-hydrogen) atoms. The van der Waals surface area contributed by atoms with E-state index in [4.69, 9.17) is 9.47 Å². The summed E-state index contributed by atoms with van der Waals surface area (Å²) in [5.74, 6) is 0.371. The Hall–Kier alpha value is -2.04. The molecule has 1 rings (SSSR count). The first kappa shape index (κ1) is 22.0. The van der Waals surface area contributed by atoms with Gasteiger partial charge in [0.15, 0.2) is 6.61 Å². The van der Waals surface area contributed by atoms with Crippen LogP contribution in [0.25, 0.3) is 0 Å². The molecule has 0 aliphatic heterocycles. The molecule has 0 spiro atoms. The van der Waals surface area contributed by atoms with E-state index in [-0.39, 0.29) is 24.9 Å². The molecule has 0 radical (unpaired) electrons. The fourth-order valence-corrected chi connectivity index (χ4v) is 2.64. The minimum Gasteiger partial charge on any atom is -0.483 e. The van der Waals surface area contributed by atoms with Crippen molar-refractivity contribution in [2.75, 3.05) is 26.3 Å². The molecule has 1 aromatic rings. The first-order chi connectivity index (χ1) is 12.5. The van der Waals surface area contributed by atoms with Crippen molar-refractivity contribution in [1.29, 1.82) is 0 Å². The van der Waals surface area contributed by atoms with Crippen molar-refractivity contribution in [3.63, 3.8) is 0 Å². The minimum absolute atomic E-state index is 0.0130. The second-order valence-corrected chi connectivity index (χ2v) is 6.55. The average molecular weight is 363 g/mol. The largest absolute Gasteiger partial charge is 0.483 e. The van der Waals surface area contributed by atoms with E-state index in [2.05, 4.69) is 6.92 Å². The van der Waals surface area contributed by atoms with Crippen LogP contribution in [-0.2, 0) is 14.3 Å². The van der Waals surface area contributed by atoms with Crippen LogP contribution in [0.4, 0.5) is 0 Å². The highest BCUT2D eigenvalue weighted by atomic mass is 16.5. The fourth-order valence-electron chi connectivity index (χ4n) is 2.64. The lowest BCUT2D eigenvalue weighted by Gasteiger charge is -2.23. The van der Waals surface area contributed by atoms with Crippen LogP contribution in [0.15, 0.2) is 18.2 Å². The van der Waals surface area contributed by atoms with Gasteiger partial charge in [-0.1, -0.05) is 38.3 Å². The van der Waals surface area contributed by atoms with Gasteiger partial charge in [0, 0.05) is 13.1 Å². The predicted molar refractivity (Wildman–Crippen MR) is 103 cm³/mol. The third kappa shape index (κ3) is 8.37. The average Bonchev–Trinajstić information content (AvgIpc) is 2.61. The molecule has 0 bridgehead atoms. The summed E-state index contributed by atoms with van der Waals surface area (Å²) in [7, 11) is 0. The number of carbonyl (C=O) groups is 2. The van der Waals surface area contributed by atoms with Crippen LogP contribution >= 0.6 is 0 Å². The Bertz CT molecular complexity index is 571. The van der Waals surface area contributed by atoms with Gasteiger partial charge in [0.25, 0.3) is 5.91 Å². The second kappa shape index (κ2) is 12.3. The van der Waals surface area contributed by atoms with Crippen LogP contribution in [0.1, 0.15) is 57.1 Å². The first-order valence-electron chi connectivity index (χ1n) is 9.61. The van der Waals surface area contributed by atoms with Crippen molar-refractivity contribution >= 4 is 11.9 Å². The lowest BCUT2D eigenvalue weighted by molar-refractivity contribution is -0.144. The quantitative estimate of drug-likeness (QED) is 0.415. The highest BCUT2D eigenvalue weighted by Gasteiger charge is 2.16. The summed E-state index contributed by atoms with van der Waals surface area (Å²) in [6.45, 7) is 9.26. The molecule has 0 fully saturated rings. The molecule has 0 aliphatic carbocycles. The van der Waals surface area contributed by atoms with Gasteiger partial charge in [0.2, 0.25) is 0 Å². The normalized spacial score (nSPS) is 10.5. The Morgan fingerprint density at radius 2 is 1.81 bits per heavy atom. The van der Waals surface area contributed by atoms with Gasteiger partial charge < -0.3 is 14.4 Å². The second-order valence-electron chi connectivity index (χ2n) is 6.55. The zero-order valence-corrected chi connectivity index (χ0v) is 16.7. The number of rotatable bonds is 12. The zero-order valence-electron chi connectivity index (χ0n) is 16.7. The molecule has 146 valence electrons. The number of hydrogen-bond acceptors (Lipinski definition) is 4. The molecule has 1 amide bonds. The minimum atomic E-state index is -0.269. The number of ether oxygens (including phenoxy) is 2. The standard InChI is InChI=1S/C21H33NO4/c1-5-7-8-9-13-22(14-12-21(24)25-6-2)20(23)16-26-19-15-17(3)10-11-18(19)4/h10-11,15H,5-9,12-14,16H2,1-4H3. The van der Waals surface area contributed by atoms with Gasteiger partial charge in [-0.3, -0.25) is 9.59 Å². The molecule has 0 atom stereocenters. The van der Waals surface area contributed by atoms with Crippen LogP contribution in [0.2, 0.25) is 0 Å². The van der Waals surface area contributed by atoms with Gasteiger partial charge in [-0.2, -0.15) is 0 Å². The molecule has 0 aromatic heterocycles. The Labute approximate surface area is 157 Å². The molecule has 0 heterocycles. The van der Waals surface area contributed by atoms with Gasteiger partial charge in [-0.25, -0.2) is 0 Å². The van der Waals surface area contributed by atoms with Crippen molar-refractivity contribution < 1.29 is 19.1 Å². The lowest BCUT2D eigenvalue weighted by atomic mass is 10.1. The smallest absolute Gasteiger partial charge is 0.307 e. The molecule has 0 saturated heterocycles. The Morgan fingerprint density at radius 1 is 1.04 bits per heavy atom. The first-order valence-corrected chi connectivity index (χ1v) is 9.61. The topological polar surface area (TPSA) is 55.8 Å². The van der Waals surface area contributed by atoms with Gasteiger partial charge in [0.1, 0.15) is 5.75 Å². The molecule has 5 nitrogen and oxygen atoms in total. The summed E-state index contributed by atoms with van der Waals surface area (Å²) in [5.41, 5.74) is 2.10. The number of carbonyl (C=O) groups excluding carboxylic acids is 2. The maximum absolute atomic E-state index is 12.6. The monoisotopic (exact) mass is 363 g/mol. The summed E-state index contributed by atoms with van der Waals surface area (Å²) in [6, 6.07) is 5.94. The molecular formula is C21H33NO4. The molecule has 0 aliphatic rings. The van der Waals surface area contributed by atoms with Gasteiger partial charge in [0.05, 0.1) is 13.0 Å². The van der Waals surface area contributed by atoms with Crippen LogP contribution in [-0.4, -0.2) is 43.1 Å². The van der Waals surface area contributed by atoms with Crippen molar-refractivity contribution in [3.05, 3.63) is 29.3 Å². The number of benzene rings is 1. The summed E-state index contributed by atoms with van der Waals surface area (Å²) in [6.07, 6.45) is 4.53. The summed E-state index contributed by atoms with van der Waals surface area (Å²) >= 11 is 0. The van der Waals surface area contributed by atoms with E-state index in [0.29, 0.717) is 19.7 Å². The lowest BCUT2D eigenvalue weighted by Crippen LogP contribution is -2.37. The third-order valence-electron chi connectivity index (χ3n) is 4.22. The van der Waals surface area contributed by atoms with Crippen molar-refractivity contribution in [2.24, 2.45) is 0 Å². The van der Waals surface area contributed by atoms with Crippen LogP contribution in [0.3, 0.4) is 0 Å². The van der Waals surface area contributed by atoms with Crippen LogP contribution in [0, 0.1) is 13.8 Å². The zero-order chi connectivity index (χ0) is 19.4. The van der Waals surface area contributed by atoms with Gasteiger partial charge in [-0.15, -0.1) is 0 Å². The van der Waals surface area contributed by atoms with E-state index >= 15 is 0 Å². The van der Waals surface area contributed by atoms with Crippen LogP contribution in [0.5, 0.6) is 5.75 Å². The summed E-state index contributed by atoms with van der Waals surface area (Å²) in [5, 5.41) is 0. The third-order valence-corrected chi connectivity index (χ3v) is 4.22. The van der Waals surface area contributed by atoms with Crippen molar-refractivity contribution in [3.8, 4) is 5.75 Å². The van der Waals surface area contributed by atoms with E-state index in [1.165, 1.54) is 0 Å². The molecular weight excluding hydrogens is 330 g/mol. The molecule has 5 heteroatoms. The van der Waals surface area contributed by atoms with Crippen molar-refractivity contribution in [1.82, 2.24) is 4.90 Å². The molecule has 0 unspecified atom stereocenters. The summed E-state index contributed by atoms with van der Waals surface area (Å²) in [4.78, 5) is 25.9. The van der Waals surface area contributed by atoms with Gasteiger partial charge in [-0.05, 0) is 44.4 Å². The number of unbranched alkanes of at least 4 members (excludes halogenated alkanes) is 3. The number of hydrogen-bond donors (Lipinski definition) is 0. The fraction of sp³-hybridized carbons (Fsp3) is 0.619. The number of aryl methyl sites for hydroxylation is 2. The molecule has 0 saturated carbocycles. The Balaban J connectivity index is 2.60. The Kier molecular flexibility index (Phi) is 10.4. The van der Waals surface area contributed by atoms with Crippen molar-refractivity contribution in [2.45, 2.75) is 59.8 Å². The van der Waals surface area contributed by atoms with E-state index in [0.717, 1.165) is 42.6 Å². The van der Waals surface area contributed by atoms with Gasteiger partial charge >= 0.3 is 5.97 Å². The van der Waals surface area contributed by atoms with E-state index in [9.17, 15) is 9.59 Å². The number of amides is 1. The molecule has 1 aromatic carbocycles. The maximum Gasteiger partial charge on any atom is 0.307 e. The highest BCUT2D eigenvalue weighted by molar-refractivity contribution is 5.78.